The maximum atomic E-state index is 5.39. The third-order valence-corrected chi connectivity index (χ3v) is 2.79. The van der Waals surface area contributed by atoms with Crippen LogP contribution in [0.15, 0.2) is 18.3 Å². The first kappa shape index (κ1) is 15.5. The van der Waals surface area contributed by atoms with Gasteiger partial charge in [-0.25, -0.2) is 4.98 Å². The Bertz CT molecular complexity index is 389. The third kappa shape index (κ3) is 5.76. The molecule has 1 rings (SSSR count). The Labute approximate surface area is 117 Å². The minimum absolute atomic E-state index is 0.617. The zero-order valence-electron chi connectivity index (χ0n) is 12.3. The molecule has 0 aliphatic heterocycles. The second-order valence-electron chi connectivity index (χ2n) is 5.18. The topological polar surface area (TPSA) is 28.2 Å². The molecule has 0 spiro atoms. The number of rotatable bonds is 8. The highest BCUT2D eigenvalue weighted by molar-refractivity contribution is 5.40. The Morgan fingerprint density at radius 2 is 2.21 bits per heavy atom. The SMILES string of the molecule is C#CCN(CCC)c1ccc(CNCC(C)C)cn1. The molecule has 0 saturated heterocycles. The standard InChI is InChI=1S/C16H25N3/c1-5-9-19(10-6-2)16-8-7-15(13-18-16)12-17-11-14(3)4/h1,7-8,13-14,17H,6,9-12H2,2-4H3. The number of anilines is 1. The second-order valence-corrected chi connectivity index (χ2v) is 5.18. The molecule has 1 aromatic heterocycles. The van der Waals surface area contributed by atoms with Crippen molar-refractivity contribution in [1.29, 1.82) is 0 Å². The first-order valence-corrected chi connectivity index (χ1v) is 7.01. The van der Waals surface area contributed by atoms with Crippen LogP contribution in [-0.2, 0) is 6.54 Å². The van der Waals surface area contributed by atoms with E-state index in [9.17, 15) is 0 Å². The summed E-state index contributed by atoms with van der Waals surface area (Å²) < 4.78 is 0. The molecule has 104 valence electrons. The molecule has 3 heteroatoms. The number of hydrogen-bond donors (Lipinski definition) is 1. The van der Waals surface area contributed by atoms with Gasteiger partial charge in [0.05, 0.1) is 6.54 Å². The molecule has 0 amide bonds. The molecular formula is C16H25N3. The van der Waals surface area contributed by atoms with E-state index in [0.717, 1.165) is 31.9 Å². The summed E-state index contributed by atoms with van der Waals surface area (Å²) in [6.07, 6.45) is 8.39. The number of aromatic nitrogens is 1. The number of pyridine rings is 1. The summed E-state index contributed by atoms with van der Waals surface area (Å²) in [6, 6.07) is 4.17. The van der Waals surface area contributed by atoms with Crippen molar-refractivity contribution in [3.63, 3.8) is 0 Å². The molecule has 0 aromatic carbocycles. The van der Waals surface area contributed by atoms with E-state index < -0.39 is 0 Å². The predicted molar refractivity (Wildman–Crippen MR) is 82.1 cm³/mol. The zero-order chi connectivity index (χ0) is 14.1. The normalized spacial score (nSPS) is 10.5. The van der Waals surface area contributed by atoms with E-state index in [4.69, 9.17) is 6.42 Å². The van der Waals surface area contributed by atoms with E-state index in [1.807, 2.05) is 6.20 Å². The van der Waals surface area contributed by atoms with Crippen LogP contribution in [-0.4, -0.2) is 24.6 Å². The molecule has 1 N–H and O–H groups in total. The Morgan fingerprint density at radius 3 is 2.74 bits per heavy atom. The lowest BCUT2D eigenvalue weighted by molar-refractivity contribution is 0.552. The quantitative estimate of drug-likeness (QED) is 0.728. The molecule has 0 fully saturated rings. The van der Waals surface area contributed by atoms with Gasteiger partial charge >= 0.3 is 0 Å². The predicted octanol–water partition coefficient (Wildman–Crippen LogP) is 2.68. The number of hydrogen-bond acceptors (Lipinski definition) is 3. The summed E-state index contributed by atoms with van der Waals surface area (Å²) in [4.78, 5) is 6.63. The molecule has 0 aliphatic rings. The van der Waals surface area contributed by atoms with Crippen LogP contribution in [0.4, 0.5) is 5.82 Å². The molecule has 1 aromatic rings. The Kier molecular flexibility index (Phi) is 6.99. The lowest BCUT2D eigenvalue weighted by Crippen LogP contribution is -2.25. The van der Waals surface area contributed by atoms with Crippen LogP contribution in [0.5, 0.6) is 0 Å². The Morgan fingerprint density at radius 1 is 1.42 bits per heavy atom. The maximum absolute atomic E-state index is 5.39. The molecule has 0 radical (unpaired) electrons. The van der Waals surface area contributed by atoms with Gasteiger partial charge < -0.3 is 10.2 Å². The summed E-state index contributed by atoms with van der Waals surface area (Å²) >= 11 is 0. The smallest absolute Gasteiger partial charge is 0.129 e. The molecule has 0 aliphatic carbocycles. The number of nitrogens with zero attached hydrogens (tertiary/aromatic N) is 2. The van der Waals surface area contributed by atoms with Crippen molar-refractivity contribution in [1.82, 2.24) is 10.3 Å². The monoisotopic (exact) mass is 259 g/mol. The average molecular weight is 259 g/mol. The van der Waals surface area contributed by atoms with Crippen LogP contribution in [0, 0.1) is 18.3 Å². The van der Waals surface area contributed by atoms with E-state index in [1.165, 1.54) is 5.56 Å². The van der Waals surface area contributed by atoms with E-state index in [-0.39, 0.29) is 0 Å². The highest BCUT2D eigenvalue weighted by Gasteiger charge is 2.05. The van der Waals surface area contributed by atoms with Gasteiger partial charge in [0.2, 0.25) is 0 Å². The van der Waals surface area contributed by atoms with Gasteiger partial charge in [-0.3, -0.25) is 0 Å². The van der Waals surface area contributed by atoms with Gasteiger partial charge in [0.25, 0.3) is 0 Å². The van der Waals surface area contributed by atoms with E-state index in [2.05, 4.69) is 54.0 Å². The van der Waals surface area contributed by atoms with Crippen LogP contribution >= 0.6 is 0 Å². The maximum Gasteiger partial charge on any atom is 0.129 e. The Balaban J connectivity index is 2.56. The molecule has 3 nitrogen and oxygen atoms in total. The highest BCUT2D eigenvalue weighted by Crippen LogP contribution is 2.11. The van der Waals surface area contributed by atoms with Crippen molar-refractivity contribution in [2.24, 2.45) is 5.92 Å². The summed E-state index contributed by atoms with van der Waals surface area (Å²) in [5.74, 6) is 4.32. The van der Waals surface area contributed by atoms with Gasteiger partial charge in [0.1, 0.15) is 5.82 Å². The molecule has 0 unspecified atom stereocenters. The van der Waals surface area contributed by atoms with Crippen molar-refractivity contribution in [2.45, 2.75) is 33.7 Å². The van der Waals surface area contributed by atoms with Crippen LogP contribution in [0.3, 0.4) is 0 Å². The summed E-state index contributed by atoms with van der Waals surface area (Å²) in [6.45, 7) is 10.0. The number of terminal acetylenes is 1. The third-order valence-electron chi connectivity index (χ3n) is 2.79. The zero-order valence-corrected chi connectivity index (χ0v) is 12.3. The first-order chi connectivity index (χ1) is 9.17. The van der Waals surface area contributed by atoms with Gasteiger partial charge in [0, 0.05) is 19.3 Å². The van der Waals surface area contributed by atoms with E-state index in [0.29, 0.717) is 12.5 Å². The fourth-order valence-corrected chi connectivity index (χ4v) is 1.87. The van der Waals surface area contributed by atoms with Gasteiger partial charge in [-0.1, -0.05) is 32.8 Å². The Hall–Kier alpha value is -1.53. The van der Waals surface area contributed by atoms with E-state index in [1.54, 1.807) is 0 Å². The van der Waals surface area contributed by atoms with Crippen LogP contribution in [0.2, 0.25) is 0 Å². The van der Waals surface area contributed by atoms with Gasteiger partial charge in [-0.2, -0.15) is 0 Å². The number of nitrogens with one attached hydrogen (secondary N) is 1. The largest absolute Gasteiger partial charge is 0.345 e. The molecule has 19 heavy (non-hydrogen) atoms. The van der Waals surface area contributed by atoms with Crippen molar-refractivity contribution in [3.05, 3.63) is 23.9 Å². The van der Waals surface area contributed by atoms with E-state index >= 15 is 0 Å². The molecule has 1 heterocycles. The minimum Gasteiger partial charge on any atom is -0.345 e. The molecule has 0 atom stereocenters. The molecule has 0 bridgehead atoms. The fraction of sp³-hybridized carbons (Fsp3) is 0.562. The van der Waals surface area contributed by atoms with Gasteiger partial charge in [0.15, 0.2) is 0 Å². The van der Waals surface area contributed by atoms with Gasteiger partial charge in [-0.05, 0) is 30.5 Å². The van der Waals surface area contributed by atoms with Gasteiger partial charge in [-0.15, -0.1) is 6.42 Å². The summed E-state index contributed by atoms with van der Waals surface area (Å²) in [7, 11) is 0. The lowest BCUT2D eigenvalue weighted by Gasteiger charge is -2.20. The van der Waals surface area contributed by atoms with Crippen molar-refractivity contribution in [3.8, 4) is 12.3 Å². The molecular weight excluding hydrogens is 234 g/mol. The van der Waals surface area contributed by atoms with Crippen LogP contribution < -0.4 is 10.2 Å². The van der Waals surface area contributed by atoms with Crippen molar-refractivity contribution < 1.29 is 0 Å². The summed E-state index contributed by atoms with van der Waals surface area (Å²) in [5.41, 5.74) is 1.21. The van der Waals surface area contributed by atoms with Crippen molar-refractivity contribution in [2.75, 3.05) is 24.5 Å². The van der Waals surface area contributed by atoms with Crippen LogP contribution in [0.1, 0.15) is 32.8 Å². The first-order valence-electron chi connectivity index (χ1n) is 7.01. The second kappa shape index (κ2) is 8.55. The lowest BCUT2D eigenvalue weighted by atomic mass is 10.2. The minimum atomic E-state index is 0.617. The van der Waals surface area contributed by atoms with Crippen molar-refractivity contribution >= 4 is 5.82 Å². The fourth-order valence-electron chi connectivity index (χ4n) is 1.87. The molecule has 0 saturated carbocycles. The highest BCUT2D eigenvalue weighted by atomic mass is 15.2. The van der Waals surface area contributed by atoms with Crippen LogP contribution in [0.25, 0.3) is 0 Å². The average Bonchev–Trinajstić information content (AvgIpc) is 2.39. The summed E-state index contributed by atoms with van der Waals surface area (Å²) in [5, 5.41) is 3.41.